The molecule has 1 aliphatic carbocycles. The zero-order chi connectivity index (χ0) is 49.3. The summed E-state index contributed by atoms with van der Waals surface area (Å²) in [6.45, 7) is 0. The molecule has 0 amide bonds. The molecule has 0 fully saturated rings. The lowest BCUT2D eigenvalue weighted by Gasteiger charge is -2.17. The van der Waals surface area contributed by atoms with E-state index >= 15 is 0 Å². The van der Waals surface area contributed by atoms with Crippen molar-refractivity contribution in [3.63, 3.8) is 0 Å². The minimum absolute atomic E-state index is 0.123. The average Bonchev–Trinajstić information content (AvgIpc) is 3.23. The number of nitrogens with one attached hydrogen (secondary N) is 1. The summed E-state index contributed by atoms with van der Waals surface area (Å²) in [5.74, 6) is -7.39. The fraction of sp³-hybridized carbons (Fsp3) is 0.0750. The third-order valence-electron chi connectivity index (χ3n) is 10.3. The number of fused-ring (bicyclic) bond motifs is 2. The highest BCUT2D eigenvalue weighted by atomic mass is 32.2. The monoisotopic (exact) mass is 1020 g/mol. The van der Waals surface area contributed by atoms with Crippen molar-refractivity contribution < 1.29 is 80.1 Å². The molecular formula is C40H28N2O20S5. The van der Waals surface area contributed by atoms with Crippen molar-refractivity contribution in [2.24, 2.45) is 5.92 Å². The van der Waals surface area contributed by atoms with Crippen LogP contribution in [0.5, 0.6) is 0 Å². The average molecular weight is 1020 g/mol. The second-order valence-electron chi connectivity index (χ2n) is 14.5. The van der Waals surface area contributed by atoms with Crippen LogP contribution in [0, 0.1) is 16.4 Å². The number of sulfone groups is 1. The SMILES string of the molecule is O=C(O)C(CCS(=O)(=O)c1ccc(Nc2cc(S(=O)(=O)O)c3nc(=O)c(=C(O)c4cccc(S(=O)(=O)O)c4)c4c5ccccc5c(=O)c2c3=4)c(S(=O)(=O)O)c1)C(=O)c1cccc(S(=O)(=O)O)c1. The number of nitrogens with zero attached hydrogens (tertiary/aromatic N) is 1. The Kier molecular flexibility index (Phi) is 12.1. The Balaban J connectivity index is 1.43. The maximum Gasteiger partial charge on any atom is 0.314 e. The molecule has 0 saturated carbocycles. The molecule has 1 atom stereocenters. The Labute approximate surface area is 376 Å². The van der Waals surface area contributed by atoms with E-state index in [1.807, 2.05) is 0 Å². The topological polar surface area (TPSA) is 385 Å². The van der Waals surface area contributed by atoms with Crippen LogP contribution < -0.4 is 21.5 Å². The van der Waals surface area contributed by atoms with E-state index in [2.05, 4.69) is 10.3 Å². The quantitative estimate of drug-likeness (QED) is 0.0466. The number of ketones is 1. The predicted octanol–water partition coefficient (Wildman–Crippen LogP) is 2.18. The number of aliphatic hydroxyl groups is 1. The Hall–Kier alpha value is -6.82. The normalized spacial score (nSPS) is 13.7. The predicted molar refractivity (Wildman–Crippen MR) is 233 cm³/mol. The number of hydrogen-bond acceptors (Lipinski definition) is 17. The van der Waals surface area contributed by atoms with Crippen molar-refractivity contribution in [3.8, 4) is 0 Å². The molecule has 5 aromatic carbocycles. The van der Waals surface area contributed by atoms with Crippen molar-refractivity contribution in [2.45, 2.75) is 30.9 Å². The smallest absolute Gasteiger partial charge is 0.314 e. The molecule has 5 aromatic rings. The summed E-state index contributed by atoms with van der Waals surface area (Å²) < 4.78 is 166. The van der Waals surface area contributed by atoms with Crippen molar-refractivity contribution in [1.29, 1.82) is 0 Å². The lowest BCUT2D eigenvalue weighted by Crippen LogP contribution is -2.33. The number of carboxylic acid groups (broad SMARTS) is 1. The van der Waals surface area contributed by atoms with E-state index in [4.69, 9.17) is 0 Å². The minimum Gasteiger partial charge on any atom is -0.506 e. The Morgan fingerprint density at radius 3 is 1.72 bits per heavy atom. The van der Waals surface area contributed by atoms with Crippen LogP contribution in [0.25, 0.3) is 27.4 Å². The molecule has 348 valence electrons. The van der Waals surface area contributed by atoms with Gasteiger partial charge in [-0.2, -0.15) is 33.7 Å². The summed E-state index contributed by atoms with van der Waals surface area (Å²) in [6, 6.07) is 15.3. The number of aromatic nitrogens is 1. The minimum atomic E-state index is -5.52. The Bertz CT molecular complexity index is 4150. The number of carbonyl (C=O) groups excluding carboxylic acids is 1. The van der Waals surface area contributed by atoms with Gasteiger partial charge in [0.15, 0.2) is 21.0 Å². The number of carboxylic acids is 1. The van der Waals surface area contributed by atoms with Crippen molar-refractivity contribution in [3.05, 3.63) is 144 Å². The molecule has 0 spiro atoms. The summed E-state index contributed by atoms with van der Waals surface area (Å²) in [7, 11) is -25.5. The van der Waals surface area contributed by atoms with Crippen molar-refractivity contribution in [1.82, 2.24) is 4.98 Å². The molecule has 2 aliphatic rings. The third-order valence-corrected chi connectivity index (χ3v) is 15.6. The van der Waals surface area contributed by atoms with Crippen LogP contribution in [0.2, 0.25) is 0 Å². The fourth-order valence-electron chi connectivity index (χ4n) is 7.32. The van der Waals surface area contributed by atoms with Crippen LogP contribution in [0.4, 0.5) is 11.4 Å². The first kappa shape index (κ1) is 48.1. The van der Waals surface area contributed by atoms with Gasteiger partial charge in [0.1, 0.15) is 21.5 Å². The van der Waals surface area contributed by atoms with Crippen LogP contribution in [0.1, 0.15) is 22.3 Å². The maximum atomic E-state index is 14.4. The molecule has 22 nitrogen and oxygen atoms in total. The second-order valence-corrected chi connectivity index (χ2v) is 22.2. The molecule has 27 heteroatoms. The molecule has 0 saturated heterocycles. The van der Waals surface area contributed by atoms with E-state index in [0.717, 1.165) is 54.6 Å². The van der Waals surface area contributed by atoms with E-state index in [1.54, 1.807) is 0 Å². The molecule has 67 heavy (non-hydrogen) atoms. The van der Waals surface area contributed by atoms with E-state index < -0.39 is 170 Å². The zero-order valence-electron chi connectivity index (χ0n) is 33.1. The van der Waals surface area contributed by atoms with Crippen LogP contribution in [0.3, 0.4) is 0 Å². The second kappa shape index (κ2) is 16.8. The van der Waals surface area contributed by atoms with Gasteiger partial charge in [0.25, 0.3) is 46.0 Å². The van der Waals surface area contributed by atoms with Crippen molar-refractivity contribution >= 4 is 101 Å². The van der Waals surface area contributed by atoms with E-state index in [0.29, 0.717) is 18.2 Å². The van der Waals surface area contributed by atoms with Crippen LogP contribution in [-0.4, -0.2) is 93.0 Å². The summed E-state index contributed by atoms with van der Waals surface area (Å²) in [5.41, 5.74) is -5.52. The van der Waals surface area contributed by atoms with Gasteiger partial charge >= 0.3 is 5.97 Å². The summed E-state index contributed by atoms with van der Waals surface area (Å²) in [5, 5.41) is 21.3. The summed E-state index contributed by atoms with van der Waals surface area (Å²) in [6.07, 6.45) is -0.974. The van der Waals surface area contributed by atoms with Gasteiger partial charge in [-0.1, -0.05) is 48.5 Å². The van der Waals surface area contributed by atoms with Gasteiger partial charge < -0.3 is 15.5 Å². The van der Waals surface area contributed by atoms with Crippen molar-refractivity contribution in [2.75, 3.05) is 11.1 Å². The molecule has 0 radical (unpaired) electrons. The number of hydrogen-bond donors (Lipinski definition) is 7. The molecule has 0 bridgehead atoms. The van der Waals surface area contributed by atoms with Crippen LogP contribution >= 0.6 is 0 Å². The molecule has 1 heterocycles. The maximum absolute atomic E-state index is 14.4. The lowest BCUT2D eigenvalue weighted by atomic mass is 9.95. The number of aliphatic carboxylic acids is 1. The highest BCUT2D eigenvalue weighted by Gasteiger charge is 2.32. The van der Waals surface area contributed by atoms with Crippen LogP contribution in [-0.2, 0) is 55.1 Å². The fourth-order valence-corrected chi connectivity index (χ4v) is 11.1. The Morgan fingerprint density at radius 2 is 1.15 bits per heavy atom. The van der Waals surface area contributed by atoms with Gasteiger partial charge in [0, 0.05) is 27.0 Å². The Morgan fingerprint density at radius 1 is 0.582 bits per heavy atom. The molecule has 1 unspecified atom stereocenters. The number of carbonyl (C=O) groups is 2. The molecular weight excluding hydrogens is 989 g/mol. The summed E-state index contributed by atoms with van der Waals surface area (Å²) in [4.78, 5) is 52.5. The number of Topliss-reactive ketones (excluding diaryl/α,β-unsaturated/α-hetero) is 1. The highest BCUT2D eigenvalue weighted by molar-refractivity contribution is 7.91. The molecule has 7 rings (SSSR count). The lowest BCUT2D eigenvalue weighted by molar-refractivity contribution is -0.140. The van der Waals surface area contributed by atoms with Gasteiger partial charge in [0.2, 0.25) is 0 Å². The number of aliphatic hydroxyl groups excluding tert-OH is 1. The first-order valence-electron chi connectivity index (χ1n) is 18.4. The largest absolute Gasteiger partial charge is 0.506 e. The first-order valence-corrected chi connectivity index (χ1v) is 25.9. The number of benzene rings is 5. The molecule has 0 aromatic heterocycles. The van der Waals surface area contributed by atoms with Gasteiger partial charge in [0.05, 0.1) is 47.9 Å². The number of anilines is 2. The van der Waals surface area contributed by atoms with E-state index in [1.165, 1.54) is 24.3 Å². The highest BCUT2D eigenvalue weighted by Crippen LogP contribution is 2.35. The van der Waals surface area contributed by atoms with Gasteiger partial charge in [-0.15, -0.1) is 0 Å². The summed E-state index contributed by atoms with van der Waals surface area (Å²) >= 11 is 0. The first-order chi connectivity index (χ1) is 31.0. The van der Waals surface area contributed by atoms with E-state index in [-0.39, 0.29) is 10.8 Å². The standard InChI is InChI=1S/C40H28N2O20S5/c43-36(19-5-3-7-22(15-19)64(51,52)53)26(40(47)48)13-14-63(49,50)21-11-12-27(29(17-21)66(57,58)59)41-28-18-30(67(60,61)62)35-33-31(24-9-1-2-10-25(24)38(45)32(28)33)34(39(46)42-35)37(44)20-6-4-8-23(16-20)65(54,55)56/h1-12,15-18,26,41,44H,13-14H2,(H,47,48)(H,51,52,53)(H,54,55,56)(H,57,58,59)(H,60,61,62). The third kappa shape index (κ3) is 9.18. The zero-order valence-corrected chi connectivity index (χ0v) is 37.2. The van der Waals surface area contributed by atoms with Gasteiger partial charge in [-0.3, -0.25) is 37.4 Å². The number of rotatable bonds is 14. The van der Waals surface area contributed by atoms with Crippen LogP contribution in [0.15, 0.2) is 131 Å². The van der Waals surface area contributed by atoms with Gasteiger partial charge in [-0.25, -0.2) is 13.4 Å². The van der Waals surface area contributed by atoms with E-state index in [9.17, 15) is 89.7 Å². The van der Waals surface area contributed by atoms with Gasteiger partial charge in [-0.05, 0) is 60.3 Å². The molecule has 1 aliphatic heterocycles. The molecule has 7 N–H and O–H groups in total.